The molecule has 0 saturated heterocycles. The van der Waals surface area contributed by atoms with Gasteiger partial charge in [-0.25, -0.2) is 0 Å². The molecule has 7 heteroatoms. The van der Waals surface area contributed by atoms with Gasteiger partial charge in [-0.05, 0) is 59.5 Å². The third-order valence-corrected chi connectivity index (χ3v) is 4.49. The van der Waals surface area contributed by atoms with Crippen LogP contribution >= 0.6 is 0 Å². The summed E-state index contributed by atoms with van der Waals surface area (Å²) in [5.74, 6) is -0.805. The fourth-order valence-corrected chi connectivity index (χ4v) is 2.98. The van der Waals surface area contributed by atoms with Gasteiger partial charge < -0.3 is 20.0 Å². The molecule has 0 aliphatic heterocycles. The number of carbonyl (C=O) groups excluding carboxylic acids is 1. The fourth-order valence-electron chi connectivity index (χ4n) is 2.98. The Bertz CT molecular complexity index is 1030. The van der Waals surface area contributed by atoms with Crippen molar-refractivity contribution in [2.45, 2.75) is 19.6 Å². The van der Waals surface area contributed by atoms with Crippen LogP contribution in [-0.4, -0.2) is 12.6 Å². The first-order chi connectivity index (χ1) is 14.2. The quantitative estimate of drug-likeness (QED) is 0.622. The molecule has 156 valence electrons. The van der Waals surface area contributed by atoms with Crippen molar-refractivity contribution in [2.75, 3.05) is 11.9 Å². The van der Waals surface area contributed by atoms with E-state index in [4.69, 9.17) is 4.74 Å². The number of benzene rings is 3. The van der Waals surface area contributed by atoms with Crippen molar-refractivity contribution < 1.29 is 27.8 Å². The molecule has 0 bridgehead atoms. The number of halogens is 3. The highest BCUT2D eigenvalue weighted by Gasteiger charge is 2.29. The second-order valence-electron chi connectivity index (χ2n) is 6.77. The molecule has 0 saturated carbocycles. The maximum absolute atomic E-state index is 12.7. The Morgan fingerprint density at radius 3 is 2.37 bits per heavy atom. The minimum atomic E-state index is -4.36. The van der Waals surface area contributed by atoms with Crippen molar-refractivity contribution in [2.24, 2.45) is 0 Å². The number of carboxylic acids is 1. The van der Waals surface area contributed by atoms with Crippen LogP contribution in [0, 0.1) is 6.92 Å². The molecule has 0 atom stereocenters. The molecular formula is C23H19F3NO3-. The van der Waals surface area contributed by atoms with Crippen molar-refractivity contribution in [3.63, 3.8) is 0 Å². The largest absolute Gasteiger partial charge is 0.546 e. The average Bonchev–Trinajstić information content (AvgIpc) is 2.71. The molecule has 1 N–H and O–H groups in total. The molecule has 0 fully saturated rings. The van der Waals surface area contributed by atoms with Gasteiger partial charge in [-0.1, -0.05) is 36.4 Å². The van der Waals surface area contributed by atoms with Crippen LogP contribution < -0.4 is 15.2 Å². The highest BCUT2D eigenvalue weighted by Crippen LogP contribution is 2.31. The Labute approximate surface area is 171 Å². The number of hydrogen-bond acceptors (Lipinski definition) is 4. The lowest BCUT2D eigenvalue weighted by Crippen LogP contribution is -2.29. The summed E-state index contributed by atoms with van der Waals surface area (Å²) in [7, 11) is 0. The Morgan fingerprint density at radius 1 is 1.00 bits per heavy atom. The van der Waals surface area contributed by atoms with Crippen LogP contribution in [0.25, 0.3) is 11.1 Å². The van der Waals surface area contributed by atoms with Gasteiger partial charge >= 0.3 is 6.18 Å². The average molecular weight is 414 g/mol. The smallest absolute Gasteiger partial charge is 0.416 e. The first-order valence-corrected chi connectivity index (χ1v) is 9.16. The molecule has 0 aliphatic carbocycles. The molecule has 3 aromatic rings. The SMILES string of the molecule is Cc1cc(CNc2cccc(-c3ccc(C(F)(F)F)cc3)c2)ccc1OCC(=O)[O-]. The van der Waals surface area contributed by atoms with E-state index >= 15 is 0 Å². The van der Waals surface area contributed by atoms with Crippen LogP contribution in [0.2, 0.25) is 0 Å². The number of carboxylic acid groups (broad SMARTS) is 1. The van der Waals surface area contributed by atoms with E-state index in [1.54, 1.807) is 6.07 Å². The zero-order valence-corrected chi connectivity index (χ0v) is 16.1. The molecule has 0 spiro atoms. The molecule has 0 aromatic heterocycles. The molecule has 0 heterocycles. The Kier molecular flexibility index (Phi) is 6.30. The van der Waals surface area contributed by atoms with Crippen LogP contribution in [-0.2, 0) is 17.5 Å². The molecule has 0 amide bonds. The molecule has 3 aromatic carbocycles. The van der Waals surface area contributed by atoms with Crippen LogP contribution in [0.4, 0.5) is 18.9 Å². The standard InChI is InChI=1S/C23H20F3NO3/c1-15-11-16(5-10-21(15)30-14-22(28)29)13-27-20-4-2-3-18(12-20)17-6-8-19(9-7-17)23(24,25)26/h2-12,27H,13-14H2,1H3,(H,28,29)/p-1. The van der Waals surface area contributed by atoms with Crippen molar-refractivity contribution in [3.05, 3.63) is 83.4 Å². The highest BCUT2D eigenvalue weighted by atomic mass is 19.4. The third kappa shape index (κ3) is 5.53. The maximum Gasteiger partial charge on any atom is 0.416 e. The second kappa shape index (κ2) is 8.90. The number of aliphatic carboxylic acids is 1. The maximum atomic E-state index is 12.7. The summed E-state index contributed by atoms with van der Waals surface area (Å²) in [5.41, 5.74) is 3.40. The number of rotatable bonds is 7. The predicted octanol–water partition coefficient (Wildman–Crippen LogP) is 4.42. The van der Waals surface area contributed by atoms with Crippen LogP contribution in [0.1, 0.15) is 16.7 Å². The second-order valence-corrected chi connectivity index (χ2v) is 6.77. The van der Waals surface area contributed by atoms with E-state index in [1.807, 2.05) is 43.3 Å². The van der Waals surface area contributed by atoms with Gasteiger partial charge in [0.05, 0.1) is 11.5 Å². The van der Waals surface area contributed by atoms with Crippen LogP contribution in [0.15, 0.2) is 66.7 Å². The van der Waals surface area contributed by atoms with Gasteiger partial charge in [0.2, 0.25) is 0 Å². The molecule has 0 radical (unpaired) electrons. The van der Waals surface area contributed by atoms with Crippen molar-refractivity contribution in [1.29, 1.82) is 0 Å². The summed E-state index contributed by atoms with van der Waals surface area (Å²) in [6, 6.07) is 17.9. The van der Waals surface area contributed by atoms with E-state index in [0.29, 0.717) is 17.9 Å². The van der Waals surface area contributed by atoms with Gasteiger partial charge in [0.25, 0.3) is 0 Å². The molecule has 4 nitrogen and oxygen atoms in total. The number of aryl methyl sites for hydroxylation is 1. The first-order valence-electron chi connectivity index (χ1n) is 9.16. The van der Waals surface area contributed by atoms with Gasteiger partial charge in [0.15, 0.2) is 0 Å². The van der Waals surface area contributed by atoms with Gasteiger partial charge in [0.1, 0.15) is 12.4 Å². The Hall–Kier alpha value is -3.48. The number of ether oxygens (including phenoxy) is 1. The first kappa shape index (κ1) is 21.2. The van der Waals surface area contributed by atoms with Crippen molar-refractivity contribution >= 4 is 11.7 Å². The van der Waals surface area contributed by atoms with Crippen molar-refractivity contribution in [1.82, 2.24) is 0 Å². The number of hydrogen-bond donors (Lipinski definition) is 1. The summed E-state index contributed by atoms with van der Waals surface area (Å²) in [4.78, 5) is 10.5. The monoisotopic (exact) mass is 414 g/mol. The van der Waals surface area contributed by atoms with Gasteiger partial charge in [0, 0.05) is 12.2 Å². The van der Waals surface area contributed by atoms with E-state index < -0.39 is 24.3 Å². The molecule has 30 heavy (non-hydrogen) atoms. The summed E-state index contributed by atoms with van der Waals surface area (Å²) in [5, 5.41) is 13.8. The molecular weight excluding hydrogens is 395 g/mol. The van der Waals surface area contributed by atoms with E-state index in [-0.39, 0.29) is 0 Å². The number of nitrogens with one attached hydrogen (secondary N) is 1. The van der Waals surface area contributed by atoms with Crippen LogP contribution in [0.3, 0.4) is 0 Å². The van der Waals surface area contributed by atoms with E-state index in [0.717, 1.165) is 34.5 Å². The fraction of sp³-hybridized carbons (Fsp3) is 0.174. The normalized spacial score (nSPS) is 11.2. The zero-order chi connectivity index (χ0) is 21.7. The number of carbonyl (C=O) groups is 1. The lowest BCUT2D eigenvalue weighted by Gasteiger charge is -2.13. The Morgan fingerprint density at radius 2 is 1.73 bits per heavy atom. The zero-order valence-electron chi connectivity index (χ0n) is 16.1. The lowest BCUT2D eigenvalue weighted by molar-refractivity contribution is -0.307. The number of alkyl halides is 3. The molecule has 0 unspecified atom stereocenters. The minimum absolute atomic E-state index is 0.479. The minimum Gasteiger partial charge on any atom is -0.546 e. The topological polar surface area (TPSA) is 61.4 Å². The lowest BCUT2D eigenvalue weighted by atomic mass is 10.0. The Balaban J connectivity index is 1.67. The molecule has 0 aliphatic rings. The summed E-state index contributed by atoms with van der Waals surface area (Å²) in [6.07, 6.45) is -4.36. The summed E-state index contributed by atoms with van der Waals surface area (Å²) in [6.45, 7) is 1.83. The summed E-state index contributed by atoms with van der Waals surface area (Å²) >= 11 is 0. The van der Waals surface area contributed by atoms with E-state index in [9.17, 15) is 23.1 Å². The highest BCUT2D eigenvalue weighted by molar-refractivity contribution is 5.68. The van der Waals surface area contributed by atoms with Gasteiger partial charge in [-0.15, -0.1) is 0 Å². The van der Waals surface area contributed by atoms with E-state index in [1.165, 1.54) is 12.1 Å². The van der Waals surface area contributed by atoms with Crippen molar-refractivity contribution in [3.8, 4) is 16.9 Å². The number of anilines is 1. The van der Waals surface area contributed by atoms with Gasteiger partial charge in [-0.3, -0.25) is 0 Å². The third-order valence-electron chi connectivity index (χ3n) is 4.49. The van der Waals surface area contributed by atoms with E-state index in [2.05, 4.69) is 5.32 Å². The predicted molar refractivity (Wildman–Crippen MR) is 106 cm³/mol. The summed E-state index contributed by atoms with van der Waals surface area (Å²) < 4.78 is 43.4. The van der Waals surface area contributed by atoms with Gasteiger partial charge in [-0.2, -0.15) is 13.2 Å². The molecule has 3 rings (SSSR count). The van der Waals surface area contributed by atoms with Crippen LogP contribution in [0.5, 0.6) is 5.75 Å².